The van der Waals surface area contributed by atoms with Crippen molar-refractivity contribution in [3.63, 3.8) is 0 Å². The van der Waals surface area contributed by atoms with Gasteiger partial charge in [-0.2, -0.15) is 0 Å². The van der Waals surface area contributed by atoms with Crippen molar-refractivity contribution in [1.29, 1.82) is 0 Å². The van der Waals surface area contributed by atoms with E-state index in [4.69, 9.17) is 33.7 Å². The highest BCUT2D eigenvalue weighted by molar-refractivity contribution is 6.35. The second-order valence-electron chi connectivity index (χ2n) is 4.28. The lowest BCUT2D eigenvalue weighted by Gasteiger charge is -2.13. The van der Waals surface area contributed by atoms with Crippen molar-refractivity contribution in [3.8, 4) is 5.75 Å². The summed E-state index contributed by atoms with van der Waals surface area (Å²) >= 11 is 12.2. The smallest absolute Gasteiger partial charge is 0.123 e. The molecule has 2 nitrogen and oxygen atoms in total. The number of halogens is 3. The van der Waals surface area contributed by atoms with Gasteiger partial charge in [0, 0.05) is 15.6 Å². The molecule has 0 bridgehead atoms. The zero-order valence-corrected chi connectivity index (χ0v) is 12.2. The first-order valence-corrected chi connectivity index (χ1v) is 6.91. The normalized spacial score (nSPS) is 10.6. The molecule has 0 saturated heterocycles. The number of hydrogen-bond acceptors (Lipinski definition) is 2. The van der Waals surface area contributed by atoms with Crippen LogP contribution in [0.2, 0.25) is 10.0 Å². The largest absolute Gasteiger partial charge is 0.489 e. The third kappa shape index (κ3) is 3.63. The van der Waals surface area contributed by atoms with Gasteiger partial charge in [-0.3, -0.25) is 0 Å². The van der Waals surface area contributed by atoms with Crippen molar-refractivity contribution in [1.82, 2.24) is 0 Å². The third-order valence-electron chi connectivity index (χ3n) is 2.87. The Hall–Kier alpha value is -1.29. The van der Waals surface area contributed by atoms with Crippen molar-refractivity contribution >= 4 is 23.2 Å². The Morgan fingerprint density at radius 1 is 1.10 bits per heavy atom. The molecule has 0 spiro atoms. The molecule has 0 radical (unpaired) electrons. The monoisotopic (exact) mass is 313 g/mol. The standard InChI is InChI=1S/C15H14Cl2FNO/c16-13-2-1-3-14(17)12(13)9-20-15-5-4-11(18)8-10(15)6-7-19/h1-5,8H,6-7,9,19H2. The Labute approximate surface area is 127 Å². The van der Waals surface area contributed by atoms with Crippen molar-refractivity contribution in [2.75, 3.05) is 6.54 Å². The number of rotatable bonds is 5. The van der Waals surface area contributed by atoms with Crippen LogP contribution in [0.4, 0.5) is 4.39 Å². The zero-order valence-electron chi connectivity index (χ0n) is 10.7. The van der Waals surface area contributed by atoms with Gasteiger partial charge in [-0.15, -0.1) is 0 Å². The van der Waals surface area contributed by atoms with E-state index in [0.29, 0.717) is 34.3 Å². The molecule has 0 heterocycles. The van der Waals surface area contributed by atoms with Crippen LogP contribution in [0.3, 0.4) is 0 Å². The highest BCUT2D eigenvalue weighted by Gasteiger charge is 2.09. The van der Waals surface area contributed by atoms with Crippen LogP contribution in [-0.4, -0.2) is 6.54 Å². The third-order valence-corrected chi connectivity index (χ3v) is 3.58. The summed E-state index contributed by atoms with van der Waals surface area (Å²) in [6.07, 6.45) is 0.545. The fourth-order valence-electron chi connectivity index (χ4n) is 1.86. The maximum absolute atomic E-state index is 13.2. The fourth-order valence-corrected chi connectivity index (χ4v) is 2.37. The van der Waals surface area contributed by atoms with E-state index in [1.165, 1.54) is 12.1 Å². The molecule has 0 aliphatic rings. The SMILES string of the molecule is NCCc1cc(F)ccc1OCc1c(Cl)cccc1Cl. The van der Waals surface area contributed by atoms with E-state index in [9.17, 15) is 4.39 Å². The van der Waals surface area contributed by atoms with Crippen molar-refractivity contribution in [2.24, 2.45) is 5.73 Å². The van der Waals surface area contributed by atoms with Crippen LogP contribution >= 0.6 is 23.2 Å². The second-order valence-corrected chi connectivity index (χ2v) is 5.09. The Morgan fingerprint density at radius 2 is 1.80 bits per heavy atom. The molecular weight excluding hydrogens is 300 g/mol. The molecule has 0 fully saturated rings. The quantitative estimate of drug-likeness (QED) is 0.897. The summed E-state index contributed by atoms with van der Waals surface area (Å²) in [7, 11) is 0. The Morgan fingerprint density at radius 3 is 2.45 bits per heavy atom. The fraction of sp³-hybridized carbons (Fsp3) is 0.200. The van der Waals surface area contributed by atoms with E-state index in [-0.39, 0.29) is 12.4 Å². The van der Waals surface area contributed by atoms with E-state index >= 15 is 0 Å². The number of nitrogens with two attached hydrogens (primary N) is 1. The molecule has 20 heavy (non-hydrogen) atoms. The molecule has 0 unspecified atom stereocenters. The summed E-state index contributed by atoms with van der Waals surface area (Å²) in [6.45, 7) is 0.647. The van der Waals surface area contributed by atoms with E-state index in [1.54, 1.807) is 24.3 Å². The maximum Gasteiger partial charge on any atom is 0.123 e. The Kier molecular flexibility index (Phi) is 5.24. The van der Waals surface area contributed by atoms with Gasteiger partial charge in [0.1, 0.15) is 18.2 Å². The number of benzene rings is 2. The van der Waals surface area contributed by atoms with Crippen molar-refractivity contribution in [3.05, 3.63) is 63.4 Å². The first-order valence-electron chi connectivity index (χ1n) is 6.16. The highest BCUT2D eigenvalue weighted by Crippen LogP contribution is 2.27. The van der Waals surface area contributed by atoms with E-state index in [2.05, 4.69) is 0 Å². The minimum atomic E-state index is -0.309. The maximum atomic E-state index is 13.2. The average Bonchev–Trinajstić information content (AvgIpc) is 2.40. The van der Waals surface area contributed by atoms with Crippen LogP contribution in [0.1, 0.15) is 11.1 Å². The van der Waals surface area contributed by atoms with Gasteiger partial charge in [-0.25, -0.2) is 4.39 Å². The molecule has 0 saturated carbocycles. The van der Waals surface area contributed by atoms with Gasteiger partial charge in [-0.05, 0) is 48.9 Å². The van der Waals surface area contributed by atoms with E-state index in [1.807, 2.05) is 0 Å². The lowest BCUT2D eigenvalue weighted by molar-refractivity contribution is 0.302. The van der Waals surface area contributed by atoms with Gasteiger partial charge in [0.15, 0.2) is 0 Å². The van der Waals surface area contributed by atoms with Crippen LogP contribution in [0.25, 0.3) is 0 Å². The lowest BCUT2D eigenvalue weighted by atomic mass is 10.1. The first-order chi connectivity index (χ1) is 9.61. The predicted octanol–water partition coefficient (Wildman–Crippen LogP) is 4.21. The molecule has 0 aliphatic heterocycles. The predicted molar refractivity (Wildman–Crippen MR) is 80.0 cm³/mol. The summed E-state index contributed by atoms with van der Waals surface area (Å²) in [5, 5.41) is 1.08. The van der Waals surface area contributed by atoms with Crippen molar-refractivity contribution < 1.29 is 9.13 Å². The number of ether oxygens (including phenoxy) is 1. The van der Waals surface area contributed by atoms with Gasteiger partial charge in [-0.1, -0.05) is 29.3 Å². The summed E-state index contributed by atoms with van der Waals surface area (Å²) in [5.74, 6) is 0.282. The molecule has 2 aromatic rings. The molecule has 0 atom stereocenters. The summed E-state index contributed by atoms with van der Waals surface area (Å²) < 4.78 is 18.9. The van der Waals surface area contributed by atoms with Gasteiger partial charge in [0.05, 0.1) is 0 Å². The van der Waals surface area contributed by atoms with E-state index in [0.717, 1.165) is 5.56 Å². The van der Waals surface area contributed by atoms with Gasteiger partial charge in [0.2, 0.25) is 0 Å². The molecule has 2 N–H and O–H groups in total. The first kappa shape index (κ1) is 15.1. The minimum absolute atomic E-state index is 0.224. The Balaban J connectivity index is 2.18. The van der Waals surface area contributed by atoms with Crippen LogP contribution in [0.15, 0.2) is 36.4 Å². The molecule has 2 aromatic carbocycles. The number of hydrogen-bond donors (Lipinski definition) is 1. The van der Waals surface area contributed by atoms with Crippen LogP contribution < -0.4 is 10.5 Å². The zero-order chi connectivity index (χ0) is 14.5. The summed E-state index contributed by atoms with van der Waals surface area (Å²) in [5.41, 5.74) is 6.95. The van der Waals surface area contributed by atoms with Crippen LogP contribution in [0.5, 0.6) is 5.75 Å². The highest BCUT2D eigenvalue weighted by atomic mass is 35.5. The molecular formula is C15H14Cl2FNO. The van der Waals surface area contributed by atoms with Gasteiger partial charge >= 0.3 is 0 Å². The minimum Gasteiger partial charge on any atom is -0.489 e. The lowest BCUT2D eigenvalue weighted by Crippen LogP contribution is -2.06. The topological polar surface area (TPSA) is 35.2 Å². The molecule has 0 amide bonds. The van der Waals surface area contributed by atoms with Crippen LogP contribution in [0, 0.1) is 5.82 Å². The molecule has 106 valence electrons. The van der Waals surface area contributed by atoms with Gasteiger partial charge < -0.3 is 10.5 Å². The molecule has 0 aliphatic carbocycles. The van der Waals surface area contributed by atoms with Gasteiger partial charge in [0.25, 0.3) is 0 Å². The average molecular weight is 314 g/mol. The molecule has 0 aromatic heterocycles. The summed E-state index contributed by atoms with van der Waals surface area (Å²) in [6, 6.07) is 9.63. The molecule has 5 heteroatoms. The molecule has 2 rings (SSSR count). The van der Waals surface area contributed by atoms with Crippen LogP contribution in [-0.2, 0) is 13.0 Å². The van der Waals surface area contributed by atoms with Crippen molar-refractivity contribution in [2.45, 2.75) is 13.0 Å². The Bertz CT molecular complexity index is 584. The van der Waals surface area contributed by atoms with E-state index < -0.39 is 0 Å². The second kappa shape index (κ2) is 6.93. The summed E-state index contributed by atoms with van der Waals surface area (Å²) in [4.78, 5) is 0.